The maximum atomic E-state index is 12.6. The molecule has 5 rings (SSSR count). The van der Waals surface area contributed by atoms with Gasteiger partial charge in [0.2, 0.25) is 11.8 Å². The summed E-state index contributed by atoms with van der Waals surface area (Å²) in [5.41, 5.74) is 10.2. The number of nitrogens with two attached hydrogens (primary N) is 1. The Morgan fingerprint density at radius 1 is 1.03 bits per heavy atom. The number of thioether (sulfide) groups is 1. The molecule has 0 saturated heterocycles. The molecule has 9 heteroatoms. The van der Waals surface area contributed by atoms with Gasteiger partial charge in [-0.2, -0.15) is 0 Å². The molecular formula is C26H22N6O2S. The van der Waals surface area contributed by atoms with E-state index >= 15 is 0 Å². The van der Waals surface area contributed by atoms with Crippen molar-refractivity contribution < 1.29 is 9.59 Å². The van der Waals surface area contributed by atoms with Crippen LogP contribution in [0.2, 0.25) is 0 Å². The largest absolute Gasteiger partial charge is 0.366 e. The highest BCUT2D eigenvalue weighted by Crippen LogP contribution is 2.32. The number of H-pyrrole nitrogens is 1. The third-order valence-corrected chi connectivity index (χ3v) is 6.44. The summed E-state index contributed by atoms with van der Waals surface area (Å²) >= 11 is 1.30. The molecule has 2 amide bonds. The summed E-state index contributed by atoms with van der Waals surface area (Å²) in [7, 11) is 0. The van der Waals surface area contributed by atoms with Gasteiger partial charge in [-0.05, 0) is 55.0 Å². The first-order chi connectivity index (χ1) is 17.0. The predicted octanol–water partition coefficient (Wildman–Crippen LogP) is 4.55. The Balaban J connectivity index is 1.43. The van der Waals surface area contributed by atoms with E-state index in [0.717, 1.165) is 27.7 Å². The lowest BCUT2D eigenvalue weighted by Gasteiger charge is -2.11. The molecule has 2 aromatic heterocycles. The highest BCUT2D eigenvalue weighted by atomic mass is 32.2. The van der Waals surface area contributed by atoms with Gasteiger partial charge in [-0.3, -0.25) is 14.2 Å². The van der Waals surface area contributed by atoms with Crippen molar-refractivity contribution >= 4 is 40.2 Å². The molecule has 4 N–H and O–H groups in total. The number of aromatic nitrogens is 4. The number of nitrogens with zero attached hydrogens (tertiary/aromatic N) is 3. The number of nitrogens with one attached hydrogen (secondary N) is 2. The number of aromatic amines is 1. The van der Waals surface area contributed by atoms with Crippen LogP contribution >= 0.6 is 11.8 Å². The number of benzene rings is 3. The van der Waals surface area contributed by atoms with E-state index in [2.05, 4.69) is 26.6 Å². The van der Waals surface area contributed by atoms with E-state index < -0.39 is 5.91 Å². The van der Waals surface area contributed by atoms with Crippen LogP contribution in [0.1, 0.15) is 15.9 Å². The summed E-state index contributed by atoms with van der Waals surface area (Å²) in [5.74, 6) is 0.113. The molecule has 0 spiro atoms. The second kappa shape index (κ2) is 9.47. The summed E-state index contributed by atoms with van der Waals surface area (Å²) in [6.45, 7) is 2.03. The normalized spacial score (nSPS) is 11.0. The lowest BCUT2D eigenvalue weighted by atomic mass is 10.1. The van der Waals surface area contributed by atoms with Crippen LogP contribution < -0.4 is 11.1 Å². The zero-order valence-electron chi connectivity index (χ0n) is 18.9. The minimum atomic E-state index is -0.514. The number of fused-ring (bicyclic) bond motifs is 1. The van der Waals surface area contributed by atoms with Crippen LogP contribution in [0.5, 0.6) is 0 Å². The average molecular weight is 483 g/mol. The molecule has 0 aliphatic heterocycles. The first-order valence-electron chi connectivity index (χ1n) is 10.9. The van der Waals surface area contributed by atoms with Crippen LogP contribution in [0.4, 0.5) is 5.69 Å². The zero-order valence-corrected chi connectivity index (χ0v) is 19.7. The van der Waals surface area contributed by atoms with E-state index in [1.54, 1.807) is 24.3 Å². The molecule has 174 valence electrons. The van der Waals surface area contributed by atoms with Crippen molar-refractivity contribution in [3.63, 3.8) is 0 Å². The number of rotatable bonds is 7. The molecule has 0 unspecified atom stereocenters. The topological polar surface area (TPSA) is 119 Å². The molecule has 0 saturated carbocycles. The molecule has 0 atom stereocenters. The number of hydrogen-bond acceptors (Lipinski definition) is 5. The Morgan fingerprint density at radius 2 is 1.83 bits per heavy atom. The number of aryl methyl sites for hydroxylation is 1. The number of para-hydroxylation sites is 1. The van der Waals surface area contributed by atoms with E-state index in [1.807, 2.05) is 60.2 Å². The fraction of sp³-hybridized carbons (Fsp3) is 0.0769. The van der Waals surface area contributed by atoms with Crippen LogP contribution in [-0.4, -0.2) is 37.3 Å². The zero-order chi connectivity index (χ0) is 24.4. The van der Waals surface area contributed by atoms with Crippen LogP contribution in [0.3, 0.4) is 0 Å². The second-order valence-electron chi connectivity index (χ2n) is 8.01. The van der Waals surface area contributed by atoms with Gasteiger partial charge in [-0.1, -0.05) is 42.1 Å². The molecule has 8 nitrogen and oxygen atoms in total. The third kappa shape index (κ3) is 4.67. The van der Waals surface area contributed by atoms with Gasteiger partial charge in [0.1, 0.15) is 0 Å². The summed E-state index contributed by atoms with van der Waals surface area (Å²) < 4.78 is 1.97. The summed E-state index contributed by atoms with van der Waals surface area (Å²) in [4.78, 5) is 27.2. The van der Waals surface area contributed by atoms with E-state index in [1.165, 1.54) is 11.8 Å². The lowest BCUT2D eigenvalue weighted by molar-refractivity contribution is -0.113. The van der Waals surface area contributed by atoms with Crippen LogP contribution in [0.15, 0.2) is 84.1 Å². The fourth-order valence-electron chi connectivity index (χ4n) is 3.84. The molecule has 0 aliphatic rings. The lowest BCUT2D eigenvalue weighted by Crippen LogP contribution is -2.15. The molecule has 2 heterocycles. The highest BCUT2D eigenvalue weighted by molar-refractivity contribution is 7.99. The van der Waals surface area contributed by atoms with Gasteiger partial charge in [0.15, 0.2) is 11.0 Å². The molecule has 5 aromatic rings. The van der Waals surface area contributed by atoms with Gasteiger partial charge >= 0.3 is 0 Å². The molecule has 35 heavy (non-hydrogen) atoms. The molecule has 0 aliphatic carbocycles. The monoisotopic (exact) mass is 482 g/mol. The standard InChI is InChI=1S/C26H22N6O2S/c1-16-5-4-6-19(13-16)32-25(21-14-28-22-8-3-2-7-20(21)22)30-31-26(32)35-15-23(33)29-18-11-9-17(10-12-18)24(27)34/h2-14,28H,15H2,1H3,(H2,27,34)(H,29,33). The molecule has 3 aromatic carbocycles. The number of primary amides is 1. The van der Waals surface area contributed by atoms with Crippen molar-refractivity contribution in [3.05, 3.63) is 90.1 Å². The number of hydrogen-bond donors (Lipinski definition) is 3. The van der Waals surface area contributed by atoms with Crippen molar-refractivity contribution in [3.8, 4) is 17.1 Å². The fourth-order valence-corrected chi connectivity index (χ4v) is 4.59. The van der Waals surface area contributed by atoms with Gasteiger partial charge in [0.05, 0.1) is 5.75 Å². The number of carbonyl (C=O) groups is 2. The Morgan fingerprint density at radius 3 is 2.60 bits per heavy atom. The number of carbonyl (C=O) groups excluding carboxylic acids is 2. The minimum Gasteiger partial charge on any atom is -0.366 e. The Bertz CT molecular complexity index is 1540. The maximum absolute atomic E-state index is 12.6. The van der Waals surface area contributed by atoms with E-state index in [9.17, 15) is 9.59 Å². The Labute approximate surface area is 205 Å². The molecule has 0 bridgehead atoms. The van der Waals surface area contributed by atoms with Gasteiger partial charge in [0, 0.05) is 39.6 Å². The van der Waals surface area contributed by atoms with Crippen molar-refractivity contribution in [2.75, 3.05) is 11.1 Å². The summed E-state index contributed by atoms with van der Waals surface area (Å²) in [5, 5.41) is 13.4. The highest BCUT2D eigenvalue weighted by Gasteiger charge is 2.20. The summed E-state index contributed by atoms with van der Waals surface area (Å²) in [6, 6.07) is 22.6. The van der Waals surface area contributed by atoms with Gasteiger partial charge in [-0.25, -0.2) is 0 Å². The van der Waals surface area contributed by atoms with Crippen molar-refractivity contribution in [1.82, 2.24) is 19.7 Å². The van der Waals surface area contributed by atoms with Gasteiger partial charge < -0.3 is 16.0 Å². The summed E-state index contributed by atoms with van der Waals surface area (Å²) in [6.07, 6.45) is 1.93. The van der Waals surface area contributed by atoms with Gasteiger partial charge in [-0.15, -0.1) is 10.2 Å². The Hall–Kier alpha value is -4.37. The van der Waals surface area contributed by atoms with E-state index in [-0.39, 0.29) is 11.7 Å². The second-order valence-corrected chi connectivity index (χ2v) is 8.95. The number of anilines is 1. The minimum absolute atomic E-state index is 0.134. The Kier molecular flexibility index (Phi) is 6.07. The van der Waals surface area contributed by atoms with E-state index in [0.29, 0.717) is 22.2 Å². The van der Waals surface area contributed by atoms with Gasteiger partial charge in [0.25, 0.3) is 0 Å². The quantitative estimate of drug-likeness (QED) is 0.294. The molecule has 0 radical (unpaired) electrons. The third-order valence-electron chi connectivity index (χ3n) is 5.51. The van der Waals surface area contributed by atoms with Crippen molar-refractivity contribution in [2.24, 2.45) is 5.73 Å². The first-order valence-corrected chi connectivity index (χ1v) is 11.9. The maximum Gasteiger partial charge on any atom is 0.248 e. The van der Waals surface area contributed by atoms with Crippen LogP contribution in [-0.2, 0) is 4.79 Å². The molecule has 0 fully saturated rings. The SMILES string of the molecule is Cc1cccc(-n2c(SCC(=O)Nc3ccc(C(N)=O)cc3)nnc2-c2c[nH]c3ccccc23)c1. The van der Waals surface area contributed by atoms with Crippen molar-refractivity contribution in [1.29, 1.82) is 0 Å². The first kappa shape index (κ1) is 22.4. The smallest absolute Gasteiger partial charge is 0.248 e. The van der Waals surface area contributed by atoms with Crippen LogP contribution in [0, 0.1) is 6.92 Å². The number of amides is 2. The average Bonchev–Trinajstić information content (AvgIpc) is 3.47. The van der Waals surface area contributed by atoms with Crippen LogP contribution in [0.25, 0.3) is 28.0 Å². The molecular weight excluding hydrogens is 460 g/mol. The van der Waals surface area contributed by atoms with Crippen molar-refractivity contribution in [2.45, 2.75) is 12.1 Å². The predicted molar refractivity (Wildman–Crippen MR) is 138 cm³/mol. The van der Waals surface area contributed by atoms with E-state index in [4.69, 9.17) is 5.73 Å².